The lowest BCUT2D eigenvalue weighted by molar-refractivity contribution is -0.116. The summed E-state index contributed by atoms with van der Waals surface area (Å²) in [5.74, 6) is -1.82. The molecular formula is C42H31FN4O3S2. The van der Waals surface area contributed by atoms with E-state index in [2.05, 4.69) is 22.0 Å². The van der Waals surface area contributed by atoms with Gasteiger partial charge < -0.3 is 16.0 Å². The summed E-state index contributed by atoms with van der Waals surface area (Å²) in [5.41, 5.74) is 5.15. The van der Waals surface area contributed by atoms with Crippen molar-refractivity contribution in [3.63, 3.8) is 0 Å². The van der Waals surface area contributed by atoms with Gasteiger partial charge in [-0.25, -0.2) is 4.39 Å². The fraction of sp³-hybridized carbons (Fsp3) is 0.0476. The number of aryl methyl sites for hydroxylation is 1. The van der Waals surface area contributed by atoms with Crippen LogP contribution in [-0.2, 0) is 9.59 Å². The van der Waals surface area contributed by atoms with Gasteiger partial charge in [0.25, 0.3) is 11.8 Å². The van der Waals surface area contributed by atoms with Crippen LogP contribution in [0, 0.1) is 24.1 Å². The zero-order valence-corrected chi connectivity index (χ0v) is 29.4. The van der Waals surface area contributed by atoms with Crippen molar-refractivity contribution in [1.82, 2.24) is 5.32 Å². The first-order valence-electron chi connectivity index (χ1n) is 16.1. The number of carbonyl (C=O) groups is 3. The number of nitriles is 1. The Bertz CT molecular complexity index is 2280. The number of amides is 3. The smallest absolute Gasteiger partial charge is 0.272 e. The minimum Gasteiger partial charge on any atom is -0.321 e. The molecule has 0 saturated heterocycles. The maximum Gasteiger partial charge on any atom is 0.272 e. The van der Waals surface area contributed by atoms with Crippen LogP contribution in [0.15, 0.2) is 149 Å². The van der Waals surface area contributed by atoms with E-state index in [1.165, 1.54) is 53.4 Å². The van der Waals surface area contributed by atoms with Gasteiger partial charge in [0, 0.05) is 27.1 Å². The molecule has 7 nitrogen and oxygen atoms in total. The van der Waals surface area contributed by atoms with Gasteiger partial charge in [-0.1, -0.05) is 96.6 Å². The van der Waals surface area contributed by atoms with Crippen LogP contribution in [0.25, 0.3) is 17.2 Å². The Kier molecular flexibility index (Phi) is 11.4. The summed E-state index contributed by atoms with van der Waals surface area (Å²) in [6.07, 6.45) is 1.47. The Morgan fingerprint density at radius 1 is 0.827 bits per heavy atom. The molecule has 6 rings (SSSR count). The van der Waals surface area contributed by atoms with Gasteiger partial charge in [0.05, 0.1) is 5.56 Å². The summed E-state index contributed by atoms with van der Waals surface area (Å²) < 4.78 is 13.6. The third-order valence-electron chi connectivity index (χ3n) is 7.90. The Hall–Kier alpha value is -6.28. The van der Waals surface area contributed by atoms with Crippen LogP contribution in [0.3, 0.4) is 0 Å². The van der Waals surface area contributed by atoms with E-state index in [-0.39, 0.29) is 11.6 Å². The minimum atomic E-state index is -0.706. The molecule has 3 amide bonds. The highest BCUT2D eigenvalue weighted by Gasteiger charge is 2.25. The third-order valence-corrected chi connectivity index (χ3v) is 10.0. The first-order valence-corrected chi connectivity index (χ1v) is 17.9. The van der Waals surface area contributed by atoms with Gasteiger partial charge in [-0.05, 0) is 72.2 Å². The van der Waals surface area contributed by atoms with Crippen LogP contribution in [0.2, 0.25) is 0 Å². The van der Waals surface area contributed by atoms with Crippen LogP contribution in [0.4, 0.5) is 15.1 Å². The molecule has 10 heteroatoms. The molecule has 0 aliphatic rings. The predicted molar refractivity (Wildman–Crippen MR) is 206 cm³/mol. The summed E-state index contributed by atoms with van der Waals surface area (Å²) in [7, 11) is 0. The minimum absolute atomic E-state index is 0.0469. The normalized spacial score (nSPS) is 11.6. The van der Waals surface area contributed by atoms with Crippen LogP contribution >= 0.6 is 23.1 Å². The van der Waals surface area contributed by atoms with E-state index in [0.717, 1.165) is 22.3 Å². The summed E-state index contributed by atoms with van der Waals surface area (Å²) in [6, 6.07) is 40.5. The van der Waals surface area contributed by atoms with Crippen LogP contribution in [-0.4, -0.2) is 17.7 Å². The molecule has 0 saturated carbocycles. The summed E-state index contributed by atoms with van der Waals surface area (Å²) in [4.78, 5) is 41.3. The van der Waals surface area contributed by atoms with Gasteiger partial charge in [-0.3, -0.25) is 14.4 Å². The van der Waals surface area contributed by atoms with E-state index in [9.17, 15) is 24.0 Å². The maximum absolute atomic E-state index is 14.0. The van der Waals surface area contributed by atoms with Crippen molar-refractivity contribution in [3.05, 3.63) is 178 Å². The molecule has 0 aliphatic heterocycles. The van der Waals surface area contributed by atoms with Crippen LogP contribution in [0.5, 0.6) is 0 Å². The molecule has 5 aromatic carbocycles. The first-order chi connectivity index (χ1) is 25.3. The van der Waals surface area contributed by atoms with E-state index in [1.54, 1.807) is 48.5 Å². The number of thioether (sulfide) groups is 1. The second kappa shape index (κ2) is 16.6. The van der Waals surface area contributed by atoms with Crippen molar-refractivity contribution in [1.29, 1.82) is 5.26 Å². The Labute approximate surface area is 308 Å². The van der Waals surface area contributed by atoms with Crippen LogP contribution < -0.4 is 16.0 Å². The molecule has 0 spiro atoms. The number of hydrogen-bond acceptors (Lipinski definition) is 6. The highest BCUT2D eigenvalue weighted by Crippen LogP contribution is 2.40. The van der Waals surface area contributed by atoms with Gasteiger partial charge in [-0.15, -0.1) is 23.1 Å². The fourth-order valence-electron chi connectivity index (χ4n) is 5.23. The molecule has 0 bridgehead atoms. The lowest BCUT2D eigenvalue weighted by atomic mass is 10.0. The number of carbonyl (C=O) groups excluding carboxylic acids is 3. The van der Waals surface area contributed by atoms with E-state index < -0.39 is 22.9 Å². The molecular weight excluding hydrogens is 692 g/mol. The number of anilines is 2. The topological polar surface area (TPSA) is 111 Å². The number of halogens is 1. The average Bonchev–Trinajstić information content (AvgIpc) is 3.57. The largest absolute Gasteiger partial charge is 0.321 e. The number of rotatable bonds is 11. The molecule has 1 aromatic heterocycles. The van der Waals surface area contributed by atoms with Crippen molar-refractivity contribution in [2.45, 2.75) is 17.1 Å². The molecule has 3 N–H and O–H groups in total. The second-order valence-electron chi connectivity index (χ2n) is 11.6. The highest BCUT2D eigenvalue weighted by molar-refractivity contribution is 8.00. The first kappa shape index (κ1) is 35.5. The van der Waals surface area contributed by atoms with Crippen molar-refractivity contribution in [3.8, 4) is 17.2 Å². The predicted octanol–water partition coefficient (Wildman–Crippen LogP) is 9.62. The highest BCUT2D eigenvalue weighted by atomic mass is 32.2. The molecule has 0 fully saturated rings. The summed E-state index contributed by atoms with van der Waals surface area (Å²) in [5, 5.41) is 20.2. The lowest BCUT2D eigenvalue weighted by Gasteiger charge is -2.17. The molecule has 1 unspecified atom stereocenters. The van der Waals surface area contributed by atoms with Crippen molar-refractivity contribution < 1.29 is 18.8 Å². The molecule has 1 heterocycles. The van der Waals surface area contributed by atoms with Crippen molar-refractivity contribution in [2.75, 3.05) is 10.6 Å². The standard InChI is InChI=1S/C42H31FN4O3S2/c1-27-15-19-29(20-16-27)36-26-51-42(35(36)25-44)47-41(50)38(30-9-4-2-5-10-30)52-34-14-8-13-33(24-34)45-40(49)37(23-28-17-21-32(43)22-18-28)46-39(48)31-11-6-3-7-12-31/h2-24,26,38H,1H3,(H,45,49)(H,46,48)(H,47,50)/b37-23+. The monoisotopic (exact) mass is 722 g/mol. The molecule has 1 atom stereocenters. The molecule has 0 aliphatic carbocycles. The molecule has 6 aromatic rings. The molecule has 52 heavy (non-hydrogen) atoms. The number of thiophene rings is 1. The quantitative estimate of drug-likeness (QED) is 0.0911. The van der Waals surface area contributed by atoms with Gasteiger partial charge >= 0.3 is 0 Å². The van der Waals surface area contributed by atoms with Gasteiger partial charge in [0.15, 0.2) is 0 Å². The van der Waals surface area contributed by atoms with Gasteiger partial charge in [-0.2, -0.15) is 5.26 Å². The fourth-order valence-corrected chi connectivity index (χ4v) is 7.24. The van der Waals surface area contributed by atoms with E-state index in [0.29, 0.717) is 32.3 Å². The number of nitrogens with zero attached hydrogens (tertiary/aromatic N) is 1. The van der Waals surface area contributed by atoms with Crippen LogP contribution in [0.1, 0.15) is 37.9 Å². The van der Waals surface area contributed by atoms with E-state index >= 15 is 0 Å². The lowest BCUT2D eigenvalue weighted by Crippen LogP contribution is -2.30. The number of nitrogens with one attached hydrogen (secondary N) is 3. The van der Waals surface area contributed by atoms with E-state index in [4.69, 9.17) is 0 Å². The van der Waals surface area contributed by atoms with Gasteiger partial charge in [0.2, 0.25) is 5.91 Å². The van der Waals surface area contributed by atoms with E-state index in [1.807, 2.05) is 73.0 Å². The maximum atomic E-state index is 14.0. The zero-order chi connectivity index (χ0) is 36.5. The summed E-state index contributed by atoms with van der Waals surface area (Å²) >= 11 is 2.59. The molecule has 0 radical (unpaired) electrons. The summed E-state index contributed by atoms with van der Waals surface area (Å²) in [6.45, 7) is 2.00. The van der Waals surface area contributed by atoms with Crippen molar-refractivity contribution >= 4 is 57.6 Å². The zero-order valence-electron chi connectivity index (χ0n) is 27.8. The van der Waals surface area contributed by atoms with Crippen molar-refractivity contribution in [2.24, 2.45) is 0 Å². The molecule has 256 valence electrons. The Morgan fingerprint density at radius 3 is 2.21 bits per heavy atom. The Morgan fingerprint density at radius 2 is 1.52 bits per heavy atom. The SMILES string of the molecule is Cc1ccc(-c2csc(NC(=O)C(Sc3cccc(NC(=O)/C(=C\c4ccc(F)cc4)NC(=O)c4ccccc4)c3)c3ccccc3)c2C#N)cc1. The second-order valence-corrected chi connectivity index (χ2v) is 13.7. The number of hydrogen-bond donors (Lipinski definition) is 3. The third kappa shape index (κ3) is 8.89. The van der Waals surface area contributed by atoms with Gasteiger partial charge in [0.1, 0.15) is 27.8 Å². The Balaban J connectivity index is 1.23. The average molecular weight is 723 g/mol. The number of benzene rings is 5.